The highest BCUT2D eigenvalue weighted by Crippen LogP contribution is 2.30. The van der Waals surface area contributed by atoms with Crippen molar-refractivity contribution in [2.24, 2.45) is 0 Å². The second kappa shape index (κ2) is 4.27. The highest BCUT2D eigenvalue weighted by atomic mass is 15.2. The van der Waals surface area contributed by atoms with Gasteiger partial charge in [0.25, 0.3) is 0 Å². The predicted octanol–water partition coefficient (Wildman–Crippen LogP) is 2.48. The topological polar surface area (TPSA) is 46.6 Å². The summed E-state index contributed by atoms with van der Waals surface area (Å²) >= 11 is 0. The lowest BCUT2D eigenvalue weighted by molar-refractivity contribution is 0.820. The average molecular weight is 264 g/mol. The van der Waals surface area contributed by atoms with Crippen molar-refractivity contribution in [3.8, 4) is 0 Å². The molecule has 0 saturated carbocycles. The molecule has 0 atom stereocenters. The molecule has 100 valence electrons. The quantitative estimate of drug-likeness (QED) is 0.723. The maximum Gasteiger partial charge on any atom is 0.137 e. The van der Waals surface area contributed by atoms with Gasteiger partial charge < -0.3 is 15.0 Å². The standard InChI is InChI=1S/C16H16N4/c17-13-4-5-15-12(9-13)6-8-19(15)10-14-11-20-7-2-1-3-16(20)18-14/h1-5,7,9,11H,6,8,10,17H2. The van der Waals surface area contributed by atoms with Gasteiger partial charge in [0.2, 0.25) is 0 Å². The first kappa shape index (κ1) is 11.3. The first-order chi connectivity index (χ1) is 9.79. The number of nitrogens with zero attached hydrogens (tertiary/aromatic N) is 3. The number of benzene rings is 1. The molecule has 0 fully saturated rings. The first-order valence-corrected chi connectivity index (χ1v) is 6.85. The van der Waals surface area contributed by atoms with E-state index >= 15 is 0 Å². The van der Waals surface area contributed by atoms with Gasteiger partial charge in [-0.2, -0.15) is 0 Å². The summed E-state index contributed by atoms with van der Waals surface area (Å²) in [5, 5.41) is 0. The second-order valence-corrected chi connectivity index (χ2v) is 5.26. The maximum atomic E-state index is 5.85. The van der Waals surface area contributed by atoms with E-state index in [0.717, 1.165) is 36.5 Å². The van der Waals surface area contributed by atoms with Gasteiger partial charge in [-0.1, -0.05) is 6.07 Å². The van der Waals surface area contributed by atoms with Crippen LogP contribution in [0.15, 0.2) is 48.8 Å². The minimum absolute atomic E-state index is 0.846. The lowest BCUT2D eigenvalue weighted by Gasteiger charge is -2.17. The molecule has 0 unspecified atom stereocenters. The highest BCUT2D eigenvalue weighted by molar-refractivity contribution is 5.63. The Bertz CT molecular complexity index is 742. The third-order valence-electron chi connectivity index (χ3n) is 3.86. The first-order valence-electron chi connectivity index (χ1n) is 6.85. The SMILES string of the molecule is Nc1ccc2c(c1)CCN2Cc1cn2ccccc2n1. The smallest absolute Gasteiger partial charge is 0.137 e. The van der Waals surface area contributed by atoms with Crippen LogP contribution in [0.25, 0.3) is 5.65 Å². The third kappa shape index (κ3) is 1.81. The van der Waals surface area contributed by atoms with E-state index in [0.29, 0.717) is 0 Å². The number of hydrogen-bond acceptors (Lipinski definition) is 3. The Morgan fingerprint density at radius 1 is 1.20 bits per heavy atom. The van der Waals surface area contributed by atoms with Crippen molar-refractivity contribution in [1.29, 1.82) is 0 Å². The van der Waals surface area contributed by atoms with Gasteiger partial charge in [0.1, 0.15) is 5.65 Å². The number of anilines is 2. The van der Waals surface area contributed by atoms with Crippen LogP contribution in [0.5, 0.6) is 0 Å². The maximum absolute atomic E-state index is 5.85. The van der Waals surface area contributed by atoms with E-state index in [2.05, 4.69) is 32.6 Å². The molecule has 0 aliphatic carbocycles. The van der Waals surface area contributed by atoms with Crippen LogP contribution in [-0.2, 0) is 13.0 Å². The molecule has 1 aliphatic rings. The summed E-state index contributed by atoms with van der Waals surface area (Å²) in [5.74, 6) is 0. The van der Waals surface area contributed by atoms with Gasteiger partial charge in [-0.05, 0) is 42.3 Å². The zero-order valence-corrected chi connectivity index (χ0v) is 11.2. The Balaban J connectivity index is 1.64. The van der Waals surface area contributed by atoms with Crippen LogP contribution in [0.1, 0.15) is 11.3 Å². The lowest BCUT2D eigenvalue weighted by Crippen LogP contribution is -2.19. The van der Waals surface area contributed by atoms with Crippen molar-refractivity contribution in [1.82, 2.24) is 9.38 Å². The Morgan fingerprint density at radius 2 is 2.15 bits per heavy atom. The van der Waals surface area contributed by atoms with Gasteiger partial charge in [0.15, 0.2) is 0 Å². The molecule has 3 heterocycles. The zero-order valence-electron chi connectivity index (χ0n) is 11.2. The largest absolute Gasteiger partial charge is 0.399 e. The van der Waals surface area contributed by atoms with Crippen LogP contribution in [-0.4, -0.2) is 15.9 Å². The fourth-order valence-electron chi connectivity index (χ4n) is 2.91. The summed E-state index contributed by atoms with van der Waals surface area (Å²) in [5.41, 5.74) is 11.4. The van der Waals surface area contributed by atoms with Gasteiger partial charge >= 0.3 is 0 Å². The van der Waals surface area contributed by atoms with E-state index in [4.69, 9.17) is 5.73 Å². The molecular formula is C16H16N4. The number of fused-ring (bicyclic) bond motifs is 2. The Kier molecular flexibility index (Phi) is 2.42. The van der Waals surface area contributed by atoms with E-state index in [9.17, 15) is 0 Å². The summed E-state index contributed by atoms with van der Waals surface area (Å²) in [6, 6.07) is 12.2. The van der Waals surface area contributed by atoms with Crippen LogP contribution in [0.2, 0.25) is 0 Å². The van der Waals surface area contributed by atoms with Crippen LogP contribution in [0, 0.1) is 0 Å². The Labute approximate surface area is 117 Å². The van der Waals surface area contributed by atoms with Crippen molar-refractivity contribution in [2.45, 2.75) is 13.0 Å². The molecule has 0 bridgehead atoms. The fourth-order valence-corrected chi connectivity index (χ4v) is 2.91. The van der Waals surface area contributed by atoms with E-state index in [-0.39, 0.29) is 0 Å². The molecule has 0 amide bonds. The van der Waals surface area contributed by atoms with E-state index < -0.39 is 0 Å². The summed E-state index contributed by atoms with van der Waals surface area (Å²) in [4.78, 5) is 7.03. The molecule has 1 aromatic carbocycles. The minimum Gasteiger partial charge on any atom is -0.399 e. The number of pyridine rings is 1. The number of nitrogens with two attached hydrogens (primary N) is 1. The van der Waals surface area contributed by atoms with Gasteiger partial charge in [-0.25, -0.2) is 4.98 Å². The van der Waals surface area contributed by atoms with Crippen molar-refractivity contribution in [2.75, 3.05) is 17.2 Å². The molecule has 4 rings (SSSR count). The fraction of sp³-hybridized carbons (Fsp3) is 0.188. The van der Waals surface area contributed by atoms with Crippen LogP contribution in [0.3, 0.4) is 0 Å². The molecule has 3 aromatic rings. The van der Waals surface area contributed by atoms with Gasteiger partial charge in [-0.3, -0.25) is 0 Å². The van der Waals surface area contributed by atoms with E-state index in [1.165, 1.54) is 11.3 Å². The van der Waals surface area contributed by atoms with Gasteiger partial charge in [0.05, 0.1) is 12.2 Å². The normalized spacial score (nSPS) is 13.9. The number of aromatic nitrogens is 2. The molecule has 0 radical (unpaired) electrons. The molecule has 2 N–H and O–H groups in total. The zero-order chi connectivity index (χ0) is 13.5. The van der Waals surface area contributed by atoms with Crippen LogP contribution < -0.4 is 10.6 Å². The second-order valence-electron chi connectivity index (χ2n) is 5.26. The Hall–Kier alpha value is -2.49. The van der Waals surface area contributed by atoms with Crippen LogP contribution in [0.4, 0.5) is 11.4 Å². The average Bonchev–Trinajstić information content (AvgIpc) is 3.02. The molecule has 4 heteroatoms. The van der Waals surface area contributed by atoms with E-state index in [1.807, 2.05) is 30.5 Å². The van der Waals surface area contributed by atoms with Crippen molar-refractivity contribution < 1.29 is 0 Å². The van der Waals surface area contributed by atoms with Crippen molar-refractivity contribution in [3.05, 3.63) is 60.0 Å². The van der Waals surface area contributed by atoms with Crippen LogP contribution >= 0.6 is 0 Å². The summed E-state index contributed by atoms with van der Waals surface area (Å²) in [6.45, 7) is 1.88. The summed E-state index contributed by atoms with van der Waals surface area (Å²) in [7, 11) is 0. The number of nitrogen functional groups attached to an aromatic ring is 1. The molecule has 2 aromatic heterocycles. The molecule has 1 aliphatic heterocycles. The molecular weight excluding hydrogens is 248 g/mol. The molecule has 20 heavy (non-hydrogen) atoms. The lowest BCUT2D eigenvalue weighted by atomic mass is 10.1. The summed E-state index contributed by atoms with van der Waals surface area (Å²) in [6.07, 6.45) is 5.20. The minimum atomic E-state index is 0.846. The number of rotatable bonds is 2. The molecule has 4 nitrogen and oxygen atoms in total. The third-order valence-corrected chi connectivity index (χ3v) is 3.86. The predicted molar refractivity (Wildman–Crippen MR) is 80.8 cm³/mol. The van der Waals surface area contributed by atoms with Gasteiger partial charge in [-0.15, -0.1) is 0 Å². The van der Waals surface area contributed by atoms with E-state index in [1.54, 1.807) is 0 Å². The van der Waals surface area contributed by atoms with Crippen molar-refractivity contribution >= 4 is 17.0 Å². The van der Waals surface area contributed by atoms with Crippen molar-refractivity contribution in [3.63, 3.8) is 0 Å². The number of imidazole rings is 1. The number of hydrogen-bond donors (Lipinski definition) is 1. The molecule has 0 spiro atoms. The Morgan fingerprint density at radius 3 is 3.05 bits per heavy atom. The highest BCUT2D eigenvalue weighted by Gasteiger charge is 2.19. The summed E-state index contributed by atoms with van der Waals surface area (Å²) < 4.78 is 2.06. The van der Waals surface area contributed by atoms with Gasteiger partial charge in [0, 0.05) is 30.3 Å². The molecule has 0 saturated heterocycles. The monoisotopic (exact) mass is 264 g/mol.